The smallest absolute Gasteiger partial charge is 0.337 e. The predicted molar refractivity (Wildman–Crippen MR) is 72.5 cm³/mol. The zero-order valence-corrected chi connectivity index (χ0v) is 11.3. The Morgan fingerprint density at radius 1 is 1.25 bits per heavy atom. The lowest BCUT2D eigenvalue weighted by Crippen LogP contribution is -2.05. The van der Waals surface area contributed by atoms with Crippen LogP contribution >= 0.6 is 0 Å². The number of carboxylic acid groups (broad SMARTS) is 1. The number of aromatic carboxylic acids is 1. The molecule has 0 spiro atoms. The summed E-state index contributed by atoms with van der Waals surface area (Å²) in [6, 6.07) is 7.48. The Balaban J connectivity index is 1.93. The molecular weight excluding hydrogens is 258 g/mol. The second-order valence-corrected chi connectivity index (χ2v) is 4.86. The molecule has 5 heteroatoms. The van der Waals surface area contributed by atoms with E-state index in [4.69, 9.17) is 14.6 Å². The van der Waals surface area contributed by atoms with Crippen molar-refractivity contribution < 1.29 is 19.4 Å². The first-order valence-corrected chi connectivity index (χ1v) is 6.35. The van der Waals surface area contributed by atoms with Crippen molar-refractivity contribution in [1.82, 2.24) is 4.57 Å². The number of carbonyl (C=O) groups is 1. The fraction of sp³-hybridized carbons (Fsp3) is 0.267. The van der Waals surface area contributed by atoms with Crippen molar-refractivity contribution in [3.63, 3.8) is 0 Å². The van der Waals surface area contributed by atoms with Gasteiger partial charge in [0.15, 0.2) is 11.5 Å². The number of ether oxygens (including phenoxy) is 2. The van der Waals surface area contributed by atoms with Gasteiger partial charge in [0.05, 0.1) is 5.56 Å². The van der Waals surface area contributed by atoms with Crippen LogP contribution < -0.4 is 9.47 Å². The van der Waals surface area contributed by atoms with Gasteiger partial charge in [-0.1, -0.05) is 6.07 Å². The third-order valence-corrected chi connectivity index (χ3v) is 3.58. The highest BCUT2D eigenvalue weighted by molar-refractivity contribution is 5.89. The SMILES string of the molecule is Cc1cc(C(=O)O)c(C)n1Cc1ccc2c(c1)OCO2. The molecule has 1 aliphatic heterocycles. The van der Waals surface area contributed by atoms with Crippen LogP contribution in [0.25, 0.3) is 0 Å². The van der Waals surface area contributed by atoms with Crippen molar-refractivity contribution in [1.29, 1.82) is 0 Å². The largest absolute Gasteiger partial charge is 0.478 e. The lowest BCUT2D eigenvalue weighted by Gasteiger charge is -2.10. The van der Waals surface area contributed by atoms with E-state index in [0.717, 1.165) is 28.5 Å². The Morgan fingerprint density at radius 3 is 2.70 bits per heavy atom. The Hall–Kier alpha value is -2.43. The van der Waals surface area contributed by atoms with Gasteiger partial charge in [-0.2, -0.15) is 0 Å². The molecule has 1 aromatic heterocycles. The van der Waals surface area contributed by atoms with Crippen LogP contribution in [0.4, 0.5) is 0 Å². The zero-order valence-electron chi connectivity index (χ0n) is 11.3. The fourth-order valence-corrected chi connectivity index (χ4v) is 2.48. The van der Waals surface area contributed by atoms with E-state index in [9.17, 15) is 4.79 Å². The molecule has 0 radical (unpaired) electrons. The molecule has 1 aromatic carbocycles. The minimum atomic E-state index is -0.893. The summed E-state index contributed by atoms with van der Waals surface area (Å²) in [7, 11) is 0. The van der Waals surface area contributed by atoms with Gasteiger partial charge in [-0.05, 0) is 37.6 Å². The molecule has 0 saturated carbocycles. The van der Waals surface area contributed by atoms with E-state index >= 15 is 0 Å². The minimum absolute atomic E-state index is 0.253. The molecule has 20 heavy (non-hydrogen) atoms. The van der Waals surface area contributed by atoms with Crippen LogP contribution in [0.1, 0.15) is 27.3 Å². The Labute approximate surface area is 116 Å². The molecule has 2 heterocycles. The lowest BCUT2D eigenvalue weighted by molar-refractivity contribution is 0.0696. The summed E-state index contributed by atoms with van der Waals surface area (Å²) in [6.45, 7) is 4.60. The third-order valence-electron chi connectivity index (χ3n) is 3.58. The first-order valence-electron chi connectivity index (χ1n) is 6.35. The van der Waals surface area contributed by atoms with Crippen molar-refractivity contribution in [2.45, 2.75) is 20.4 Å². The average molecular weight is 273 g/mol. The molecule has 0 unspecified atom stereocenters. The van der Waals surface area contributed by atoms with Crippen molar-refractivity contribution >= 4 is 5.97 Å². The van der Waals surface area contributed by atoms with Gasteiger partial charge in [-0.25, -0.2) is 4.79 Å². The molecule has 0 fully saturated rings. The topological polar surface area (TPSA) is 60.7 Å². The first-order chi connectivity index (χ1) is 9.56. The van der Waals surface area contributed by atoms with E-state index < -0.39 is 5.97 Å². The van der Waals surface area contributed by atoms with Gasteiger partial charge in [0.2, 0.25) is 6.79 Å². The number of hydrogen-bond acceptors (Lipinski definition) is 3. The highest BCUT2D eigenvalue weighted by atomic mass is 16.7. The number of benzene rings is 1. The molecule has 0 atom stereocenters. The molecule has 0 bridgehead atoms. The molecule has 0 aliphatic carbocycles. The minimum Gasteiger partial charge on any atom is -0.478 e. The van der Waals surface area contributed by atoms with E-state index in [2.05, 4.69) is 0 Å². The number of hydrogen-bond donors (Lipinski definition) is 1. The normalized spacial score (nSPS) is 12.7. The summed E-state index contributed by atoms with van der Waals surface area (Å²) in [5.41, 5.74) is 3.08. The van der Waals surface area contributed by atoms with Gasteiger partial charge in [-0.3, -0.25) is 0 Å². The van der Waals surface area contributed by atoms with Crippen LogP contribution in [0.15, 0.2) is 24.3 Å². The Morgan fingerprint density at radius 2 is 2.00 bits per heavy atom. The van der Waals surface area contributed by atoms with Gasteiger partial charge >= 0.3 is 5.97 Å². The molecule has 1 aliphatic rings. The number of nitrogens with zero attached hydrogens (tertiary/aromatic N) is 1. The van der Waals surface area contributed by atoms with Crippen LogP contribution in [-0.4, -0.2) is 22.4 Å². The van der Waals surface area contributed by atoms with Crippen LogP contribution in [0.3, 0.4) is 0 Å². The number of aromatic nitrogens is 1. The second kappa shape index (κ2) is 4.59. The number of rotatable bonds is 3. The number of fused-ring (bicyclic) bond motifs is 1. The molecule has 1 N–H and O–H groups in total. The van der Waals surface area contributed by atoms with Crippen LogP contribution in [0.2, 0.25) is 0 Å². The molecule has 0 saturated heterocycles. The average Bonchev–Trinajstić information content (AvgIpc) is 2.97. The maximum absolute atomic E-state index is 11.1. The summed E-state index contributed by atoms with van der Waals surface area (Å²) >= 11 is 0. The highest BCUT2D eigenvalue weighted by Crippen LogP contribution is 2.33. The van der Waals surface area contributed by atoms with E-state index in [0.29, 0.717) is 12.1 Å². The van der Waals surface area contributed by atoms with Gasteiger partial charge in [-0.15, -0.1) is 0 Å². The lowest BCUT2D eigenvalue weighted by atomic mass is 10.2. The summed E-state index contributed by atoms with van der Waals surface area (Å²) in [5, 5.41) is 9.15. The predicted octanol–water partition coefficient (Wildman–Crippen LogP) is 2.58. The molecule has 104 valence electrons. The zero-order chi connectivity index (χ0) is 14.3. The highest BCUT2D eigenvalue weighted by Gasteiger charge is 2.17. The first kappa shape index (κ1) is 12.6. The standard InChI is InChI=1S/C15H15NO4/c1-9-5-12(15(17)18)10(2)16(9)7-11-3-4-13-14(6-11)20-8-19-13/h3-6H,7-8H2,1-2H3,(H,17,18). The molecule has 5 nitrogen and oxygen atoms in total. The van der Waals surface area contributed by atoms with Crippen molar-refractivity contribution in [3.05, 3.63) is 46.8 Å². The van der Waals surface area contributed by atoms with Gasteiger partial charge in [0, 0.05) is 17.9 Å². The quantitative estimate of drug-likeness (QED) is 0.933. The van der Waals surface area contributed by atoms with Crippen LogP contribution in [-0.2, 0) is 6.54 Å². The maximum atomic E-state index is 11.1. The molecule has 0 amide bonds. The number of aryl methyl sites for hydroxylation is 1. The molecule has 2 aromatic rings. The van der Waals surface area contributed by atoms with E-state index in [1.165, 1.54) is 0 Å². The van der Waals surface area contributed by atoms with Crippen molar-refractivity contribution in [2.24, 2.45) is 0 Å². The maximum Gasteiger partial charge on any atom is 0.337 e. The van der Waals surface area contributed by atoms with Gasteiger partial charge < -0.3 is 19.1 Å². The van der Waals surface area contributed by atoms with Gasteiger partial charge in [0.25, 0.3) is 0 Å². The van der Waals surface area contributed by atoms with Crippen LogP contribution in [0.5, 0.6) is 11.5 Å². The summed E-state index contributed by atoms with van der Waals surface area (Å²) in [4.78, 5) is 11.1. The molecular formula is C15H15NO4. The second-order valence-electron chi connectivity index (χ2n) is 4.86. The third kappa shape index (κ3) is 2.01. The van der Waals surface area contributed by atoms with Gasteiger partial charge in [0.1, 0.15) is 0 Å². The van der Waals surface area contributed by atoms with Crippen molar-refractivity contribution in [3.8, 4) is 11.5 Å². The summed E-state index contributed by atoms with van der Waals surface area (Å²) in [5.74, 6) is 0.597. The summed E-state index contributed by atoms with van der Waals surface area (Å²) < 4.78 is 12.6. The summed E-state index contributed by atoms with van der Waals surface area (Å²) in [6.07, 6.45) is 0. The van der Waals surface area contributed by atoms with Crippen molar-refractivity contribution in [2.75, 3.05) is 6.79 Å². The van der Waals surface area contributed by atoms with Crippen LogP contribution in [0, 0.1) is 13.8 Å². The Kier molecular flexibility index (Phi) is 2.89. The Bertz CT molecular complexity index is 687. The fourth-order valence-electron chi connectivity index (χ4n) is 2.48. The van der Waals surface area contributed by atoms with E-state index in [-0.39, 0.29) is 6.79 Å². The van der Waals surface area contributed by atoms with E-state index in [1.807, 2.05) is 36.6 Å². The number of carboxylic acids is 1. The van der Waals surface area contributed by atoms with E-state index in [1.54, 1.807) is 6.07 Å². The molecule has 3 rings (SSSR count). The monoisotopic (exact) mass is 273 g/mol.